The second-order valence-electron chi connectivity index (χ2n) is 5.81. The highest BCUT2D eigenvalue weighted by Gasteiger charge is 2.05. The van der Waals surface area contributed by atoms with Crippen LogP contribution >= 0.6 is 15.9 Å². The van der Waals surface area contributed by atoms with E-state index in [-0.39, 0.29) is 0 Å². The molecule has 112 valence electrons. The maximum Gasteiger partial charge on any atom is 0.0345 e. The Morgan fingerprint density at radius 3 is 2.43 bits per heavy atom. The van der Waals surface area contributed by atoms with Crippen LogP contribution in [0.2, 0.25) is 0 Å². The summed E-state index contributed by atoms with van der Waals surface area (Å²) in [5, 5.41) is 3.59. The zero-order valence-electron chi connectivity index (χ0n) is 12.9. The lowest BCUT2D eigenvalue weighted by Crippen LogP contribution is -2.18. The summed E-state index contributed by atoms with van der Waals surface area (Å²) in [6.07, 6.45) is 1.02. The SMILES string of the molecule is CC(Cc1ccc(Br)cc1)Nc1cccc(CN(C)C)c1. The molecule has 2 nitrogen and oxygen atoms in total. The van der Waals surface area contributed by atoms with Gasteiger partial charge in [-0.05, 0) is 62.8 Å². The van der Waals surface area contributed by atoms with Gasteiger partial charge < -0.3 is 10.2 Å². The van der Waals surface area contributed by atoms with Crippen molar-refractivity contribution in [1.82, 2.24) is 4.90 Å². The molecule has 2 aromatic rings. The highest BCUT2D eigenvalue weighted by atomic mass is 79.9. The van der Waals surface area contributed by atoms with Gasteiger partial charge in [-0.2, -0.15) is 0 Å². The second kappa shape index (κ2) is 7.62. The fourth-order valence-electron chi connectivity index (χ4n) is 2.43. The molecule has 0 spiro atoms. The lowest BCUT2D eigenvalue weighted by molar-refractivity contribution is 0.402. The molecular formula is C18H23BrN2. The van der Waals surface area contributed by atoms with E-state index in [1.54, 1.807) is 0 Å². The Morgan fingerprint density at radius 1 is 1.05 bits per heavy atom. The Balaban J connectivity index is 1.95. The molecule has 1 atom stereocenters. The molecule has 0 aliphatic carbocycles. The monoisotopic (exact) mass is 346 g/mol. The Bertz CT molecular complexity index is 564. The van der Waals surface area contributed by atoms with Crippen LogP contribution in [0.1, 0.15) is 18.1 Å². The minimum Gasteiger partial charge on any atom is -0.382 e. The fraction of sp³-hybridized carbons (Fsp3) is 0.333. The van der Waals surface area contributed by atoms with Gasteiger partial charge in [0.05, 0.1) is 0 Å². The minimum atomic E-state index is 0.404. The first kappa shape index (κ1) is 16.1. The van der Waals surface area contributed by atoms with E-state index in [1.165, 1.54) is 16.8 Å². The van der Waals surface area contributed by atoms with Crippen molar-refractivity contribution in [3.8, 4) is 0 Å². The predicted molar refractivity (Wildman–Crippen MR) is 94.8 cm³/mol. The van der Waals surface area contributed by atoms with Gasteiger partial charge in [-0.25, -0.2) is 0 Å². The summed E-state index contributed by atoms with van der Waals surface area (Å²) in [5.41, 5.74) is 3.88. The third-order valence-corrected chi connectivity index (χ3v) is 3.82. The number of rotatable bonds is 6. The summed E-state index contributed by atoms with van der Waals surface area (Å²) in [5.74, 6) is 0. The normalized spacial score (nSPS) is 12.4. The number of hydrogen-bond donors (Lipinski definition) is 1. The predicted octanol–water partition coefficient (Wildman–Crippen LogP) is 4.55. The van der Waals surface area contributed by atoms with Crippen LogP contribution in [0, 0.1) is 0 Å². The summed E-state index contributed by atoms with van der Waals surface area (Å²) in [6, 6.07) is 17.6. The van der Waals surface area contributed by atoms with E-state index >= 15 is 0 Å². The summed E-state index contributed by atoms with van der Waals surface area (Å²) in [7, 11) is 4.19. The third-order valence-electron chi connectivity index (χ3n) is 3.29. The van der Waals surface area contributed by atoms with Crippen molar-refractivity contribution in [2.75, 3.05) is 19.4 Å². The summed E-state index contributed by atoms with van der Waals surface area (Å²) < 4.78 is 1.13. The van der Waals surface area contributed by atoms with Gasteiger partial charge in [0.1, 0.15) is 0 Å². The van der Waals surface area contributed by atoms with Gasteiger partial charge >= 0.3 is 0 Å². The van der Waals surface area contributed by atoms with E-state index in [1.807, 2.05) is 0 Å². The average molecular weight is 347 g/mol. The topological polar surface area (TPSA) is 15.3 Å². The van der Waals surface area contributed by atoms with Crippen molar-refractivity contribution >= 4 is 21.6 Å². The van der Waals surface area contributed by atoms with Crippen LogP contribution < -0.4 is 5.32 Å². The van der Waals surface area contributed by atoms with Crippen molar-refractivity contribution < 1.29 is 0 Å². The highest BCUT2D eigenvalue weighted by molar-refractivity contribution is 9.10. The first-order valence-electron chi connectivity index (χ1n) is 7.27. The van der Waals surface area contributed by atoms with Crippen LogP contribution in [-0.2, 0) is 13.0 Å². The second-order valence-corrected chi connectivity index (χ2v) is 6.73. The molecule has 0 amide bonds. The number of anilines is 1. The first-order valence-corrected chi connectivity index (χ1v) is 8.07. The lowest BCUT2D eigenvalue weighted by Gasteiger charge is -2.17. The van der Waals surface area contributed by atoms with Crippen molar-refractivity contribution in [3.05, 3.63) is 64.1 Å². The third kappa shape index (κ3) is 5.52. The van der Waals surface area contributed by atoms with E-state index in [0.717, 1.165) is 17.4 Å². The molecule has 21 heavy (non-hydrogen) atoms. The summed E-state index contributed by atoms with van der Waals surface area (Å²) in [6.45, 7) is 3.19. The Morgan fingerprint density at radius 2 is 1.76 bits per heavy atom. The van der Waals surface area contributed by atoms with Gasteiger partial charge in [0.25, 0.3) is 0 Å². The van der Waals surface area contributed by atoms with Gasteiger partial charge in [-0.3, -0.25) is 0 Å². The lowest BCUT2D eigenvalue weighted by atomic mass is 10.1. The number of halogens is 1. The standard InChI is InChI=1S/C18H23BrN2/c1-14(11-15-7-9-17(19)10-8-15)20-18-6-4-5-16(12-18)13-21(2)3/h4-10,12,14,20H,11,13H2,1-3H3. The minimum absolute atomic E-state index is 0.404. The van der Waals surface area contributed by atoms with Crippen LogP contribution in [0.15, 0.2) is 53.0 Å². The molecule has 2 rings (SSSR count). The quantitative estimate of drug-likeness (QED) is 0.824. The maximum absolute atomic E-state index is 3.59. The largest absolute Gasteiger partial charge is 0.382 e. The van der Waals surface area contributed by atoms with E-state index in [2.05, 4.69) is 95.7 Å². The van der Waals surface area contributed by atoms with Crippen molar-refractivity contribution in [2.45, 2.75) is 25.9 Å². The summed E-state index contributed by atoms with van der Waals surface area (Å²) >= 11 is 3.47. The van der Waals surface area contributed by atoms with Crippen molar-refractivity contribution in [3.63, 3.8) is 0 Å². The van der Waals surface area contributed by atoms with E-state index in [0.29, 0.717) is 6.04 Å². The molecule has 1 unspecified atom stereocenters. The van der Waals surface area contributed by atoms with Crippen LogP contribution in [0.3, 0.4) is 0 Å². The smallest absolute Gasteiger partial charge is 0.0345 e. The maximum atomic E-state index is 3.59. The molecule has 0 aromatic heterocycles. The Kier molecular flexibility index (Phi) is 5.83. The van der Waals surface area contributed by atoms with Gasteiger partial charge in [0, 0.05) is 22.7 Å². The molecule has 0 heterocycles. The molecule has 0 fully saturated rings. The molecule has 0 saturated carbocycles. The van der Waals surface area contributed by atoms with E-state index < -0.39 is 0 Å². The zero-order valence-corrected chi connectivity index (χ0v) is 14.5. The van der Waals surface area contributed by atoms with Gasteiger partial charge in [-0.1, -0.05) is 40.2 Å². The summed E-state index contributed by atoms with van der Waals surface area (Å²) in [4.78, 5) is 2.18. The molecule has 0 aliphatic heterocycles. The molecule has 0 bridgehead atoms. The van der Waals surface area contributed by atoms with Crippen LogP contribution in [0.5, 0.6) is 0 Å². The average Bonchev–Trinajstić information content (AvgIpc) is 2.41. The first-order chi connectivity index (χ1) is 10.0. The van der Waals surface area contributed by atoms with Crippen molar-refractivity contribution in [2.24, 2.45) is 0 Å². The molecule has 3 heteroatoms. The molecule has 0 saturated heterocycles. The van der Waals surface area contributed by atoms with Crippen molar-refractivity contribution in [1.29, 1.82) is 0 Å². The highest BCUT2D eigenvalue weighted by Crippen LogP contribution is 2.16. The molecule has 1 N–H and O–H groups in total. The fourth-order valence-corrected chi connectivity index (χ4v) is 2.70. The number of hydrogen-bond acceptors (Lipinski definition) is 2. The van der Waals surface area contributed by atoms with Gasteiger partial charge in [0.15, 0.2) is 0 Å². The molecule has 0 aliphatic rings. The van der Waals surface area contributed by atoms with E-state index in [4.69, 9.17) is 0 Å². The van der Waals surface area contributed by atoms with Gasteiger partial charge in [-0.15, -0.1) is 0 Å². The number of benzene rings is 2. The zero-order chi connectivity index (χ0) is 15.2. The number of nitrogens with one attached hydrogen (secondary N) is 1. The Labute approximate surface area is 136 Å². The molecule has 0 radical (unpaired) electrons. The van der Waals surface area contributed by atoms with Crippen LogP contribution in [-0.4, -0.2) is 25.0 Å². The molecule has 2 aromatic carbocycles. The Hall–Kier alpha value is -1.32. The number of nitrogens with zero attached hydrogens (tertiary/aromatic N) is 1. The molecular weight excluding hydrogens is 324 g/mol. The van der Waals surface area contributed by atoms with E-state index in [9.17, 15) is 0 Å². The van der Waals surface area contributed by atoms with Crippen LogP contribution in [0.25, 0.3) is 0 Å². The van der Waals surface area contributed by atoms with Crippen LogP contribution in [0.4, 0.5) is 5.69 Å². The van der Waals surface area contributed by atoms with Gasteiger partial charge in [0.2, 0.25) is 0 Å².